The SMILES string of the molecule is CN=C(NCc1ccnc(OC)c1)NCC1CCCO1.I. The molecule has 2 heterocycles. The maximum Gasteiger partial charge on any atom is 0.213 e. The first-order valence-corrected chi connectivity index (χ1v) is 6.87. The quantitative estimate of drug-likeness (QED) is 0.441. The number of rotatable bonds is 5. The van der Waals surface area contributed by atoms with E-state index < -0.39 is 0 Å². The molecule has 1 fully saturated rings. The number of aromatic nitrogens is 1. The number of nitrogens with one attached hydrogen (secondary N) is 2. The number of pyridine rings is 1. The average molecular weight is 406 g/mol. The van der Waals surface area contributed by atoms with Crippen molar-refractivity contribution in [2.45, 2.75) is 25.5 Å². The smallest absolute Gasteiger partial charge is 0.213 e. The van der Waals surface area contributed by atoms with Crippen LogP contribution in [-0.4, -0.2) is 44.4 Å². The van der Waals surface area contributed by atoms with Crippen LogP contribution in [0, 0.1) is 0 Å². The maximum atomic E-state index is 5.57. The normalized spacial score (nSPS) is 18.0. The van der Waals surface area contributed by atoms with Crippen LogP contribution < -0.4 is 15.4 Å². The zero-order chi connectivity index (χ0) is 14.2. The number of hydrogen-bond donors (Lipinski definition) is 2. The van der Waals surface area contributed by atoms with E-state index in [1.165, 1.54) is 0 Å². The second-order valence-electron chi connectivity index (χ2n) is 4.65. The largest absolute Gasteiger partial charge is 0.481 e. The summed E-state index contributed by atoms with van der Waals surface area (Å²) in [5, 5.41) is 6.54. The number of hydrogen-bond acceptors (Lipinski definition) is 4. The summed E-state index contributed by atoms with van der Waals surface area (Å²) in [5.41, 5.74) is 1.09. The van der Waals surface area contributed by atoms with Crippen molar-refractivity contribution in [1.82, 2.24) is 15.6 Å². The Balaban J connectivity index is 0.00000220. The molecule has 2 rings (SSSR count). The first-order chi connectivity index (χ1) is 9.81. The van der Waals surface area contributed by atoms with E-state index in [2.05, 4.69) is 20.6 Å². The van der Waals surface area contributed by atoms with Gasteiger partial charge in [-0.1, -0.05) is 0 Å². The van der Waals surface area contributed by atoms with Crippen LogP contribution >= 0.6 is 24.0 Å². The van der Waals surface area contributed by atoms with Gasteiger partial charge in [-0.2, -0.15) is 0 Å². The summed E-state index contributed by atoms with van der Waals surface area (Å²) in [7, 11) is 3.37. The van der Waals surface area contributed by atoms with E-state index in [1.807, 2.05) is 12.1 Å². The summed E-state index contributed by atoms with van der Waals surface area (Å²) in [5.74, 6) is 1.39. The highest BCUT2D eigenvalue weighted by atomic mass is 127. The van der Waals surface area contributed by atoms with Gasteiger partial charge in [0.2, 0.25) is 5.88 Å². The lowest BCUT2D eigenvalue weighted by atomic mass is 10.2. The van der Waals surface area contributed by atoms with E-state index in [9.17, 15) is 0 Å². The molecule has 6 nitrogen and oxygen atoms in total. The van der Waals surface area contributed by atoms with Crippen molar-refractivity contribution in [2.75, 3.05) is 27.3 Å². The molecule has 0 saturated carbocycles. The Hall–Kier alpha value is -1.09. The third-order valence-electron chi connectivity index (χ3n) is 3.21. The Bertz CT molecular complexity index is 450. The van der Waals surface area contributed by atoms with Gasteiger partial charge < -0.3 is 20.1 Å². The van der Waals surface area contributed by atoms with Crippen molar-refractivity contribution in [1.29, 1.82) is 0 Å². The van der Waals surface area contributed by atoms with Gasteiger partial charge in [-0.25, -0.2) is 4.98 Å². The van der Waals surface area contributed by atoms with Crippen LogP contribution in [0.15, 0.2) is 23.3 Å². The van der Waals surface area contributed by atoms with Gasteiger partial charge in [-0.3, -0.25) is 4.99 Å². The highest BCUT2D eigenvalue weighted by molar-refractivity contribution is 14.0. The fourth-order valence-electron chi connectivity index (χ4n) is 2.09. The Morgan fingerprint density at radius 1 is 1.52 bits per heavy atom. The Labute approximate surface area is 142 Å². The van der Waals surface area contributed by atoms with Crippen molar-refractivity contribution >= 4 is 29.9 Å². The fraction of sp³-hybridized carbons (Fsp3) is 0.571. The summed E-state index contributed by atoms with van der Waals surface area (Å²) < 4.78 is 10.7. The predicted molar refractivity (Wildman–Crippen MR) is 93.4 cm³/mol. The van der Waals surface area contributed by atoms with Crippen LogP contribution in [0.1, 0.15) is 18.4 Å². The number of methoxy groups -OCH3 is 1. The molecule has 0 radical (unpaired) electrons. The molecule has 1 aliphatic heterocycles. The van der Waals surface area contributed by atoms with Crippen molar-refractivity contribution in [3.63, 3.8) is 0 Å². The molecule has 0 aliphatic carbocycles. The lowest BCUT2D eigenvalue weighted by Crippen LogP contribution is -2.40. The lowest BCUT2D eigenvalue weighted by Gasteiger charge is -2.15. The minimum atomic E-state index is 0. The topological polar surface area (TPSA) is 67.8 Å². The molecule has 118 valence electrons. The molecule has 1 aliphatic rings. The van der Waals surface area contributed by atoms with Gasteiger partial charge in [0.15, 0.2) is 5.96 Å². The number of nitrogens with zero attached hydrogens (tertiary/aromatic N) is 2. The van der Waals surface area contributed by atoms with Gasteiger partial charge in [-0.15, -0.1) is 24.0 Å². The van der Waals surface area contributed by atoms with Crippen LogP contribution in [0.25, 0.3) is 0 Å². The van der Waals surface area contributed by atoms with Crippen molar-refractivity contribution in [3.8, 4) is 5.88 Å². The molecule has 1 aromatic rings. The third kappa shape index (κ3) is 6.04. The summed E-state index contributed by atoms with van der Waals surface area (Å²) in [6, 6.07) is 3.85. The second-order valence-corrected chi connectivity index (χ2v) is 4.65. The Kier molecular flexibility index (Phi) is 8.36. The number of ether oxygens (including phenoxy) is 2. The Morgan fingerprint density at radius 3 is 3.05 bits per heavy atom. The molecule has 0 aromatic carbocycles. The van der Waals surface area contributed by atoms with Gasteiger partial charge in [0.05, 0.1) is 13.2 Å². The van der Waals surface area contributed by atoms with Gasteiger partial charge in [0.1, 0.15) is 0 Å². The third-order valence-corrected chi connectivity index (χ3v) is 3.21. The molecule has 1 atom stereocenters. The van der Waals surface area contributed by atoms with Gasteiger partial charge in [-0.05, 0) is 24.5 Å². The molecule has 0 spiro atoms. The highest BCUT2D eigenvalue weighted by Gasteiger charge is 2.15. The maximum absolute atomic E-state index is 5.57. The van der Waals surface area contributed by atoms with Crippen LogP contribution in [0.3, 0.4) is 0 Å². The molecular formula is C14H23IN4O2. The predicted octanol–water partition coefficient (Wildman–Crippen LogP) is 1.55. The molecule has 1 saturated heterocycles. The first kappa shape index (κ1) is 18.0. The summed E-state index contributed by atoms with van der Waals surface area (Å²) in [4.78, 5) is 8.28. The van der Waals surface area contributed by atoms with E-state index in [4.69, 9.17) is 9.47 Å². The standard InChI is InChI=1S/C14H22N4O2.HI/c1-15-14(18-10-12-4-3-7-20-12)17-9-11-5-6-16-13(8-11)19-2;/h5-6,8,12H,3-4,7,9-10H2,1-2H3,(H2,15,17,18);1H. The highest BCUT2D eigenvalue weighted by Crippen LogP contribution is 2.10. The fourth-order valence-corrected chi connectivity index (χ4v) is 2.09. The van der Waals surface area contributed by atoms with E-state index in [-0.39, 0.29) is 24.0 Å². The van der Waals surface area contributed by atoms with E-state index >= 15 is 0 Å². The van der Waals surface area contributed by atoms with Gasteiger partial charge in [0.25, 0.3) is 0 Å². The summed E-state index contributed by atoms with van der Waals surface area (Å²) >= 11 is 0. The van der Waals surface area contributed by atoms with Crippen LogP contribution in [-0.2, 0) is 11.3 Å². The molecule has 1 unspecified atom stereocenters. The molecule has 21 heavy (non-hydrogen) atoms. The number of aliphatic imine (C=N–C) groups is 1. The first-order valence-electron chi connectivity index (χ1n) is 6.87. The summed E-state index contributed by atoms with van der Waals surface area (Å²) in [6.45, 7) is 2.33. The summed E-state index contributed by atoms with van der Waals surface area (Å²) in [6.07, 6.45) is 4.30. The molecule has 0 bridgehead atoms. The molecule has 2 N–H and O–H groups in total. The zero-order valence-electron chi connectivity index (χ0n) is 12.5. The molecule has 0 amide bonds. The van der Waals surface area contributed by atoms with Gasteiger partial charge in [0, 0.05) is 39.0 Å². The van der Waals surface area contributed by atoms with Crippen LogP contribution in [0.2, 0.25) is 0 Å². The van der Waals surface area contributed by atoms with Gasteiger partial charge >= 0.3 is 0 Å². The van der Waals surface area contributed by atoms with Crippen LogP contribution in [0.5, 0.6) is 5.88 Å². The molecular weight excluding hydrogens is 383 g/mol. The average Bonchev–Trinajstić information content (AvgIpc) is 3.01. The van der Waals surface area contributed by atoms with Crippen LogP contribution in [0.4, 0.5) is 0 Å². The lowest BCUT2D eigenvalue weighted by molar-refractivity contribution is 0.114. The minimum absolute atomic E-state index is 0. The number of guanidine groups is 1. The molecule has 1 aromatic heterocycles. The van der Waals surface area contributed by atoms with Crippen molar-refractivity contribution < 1.29 is 9.47 Å². The van der Waals surface area contributed by atoms with E-state index in [0.717, 1.165) is 37.5 Å². The van der Waals surface area contributed by atoms with Crippen molar-refractivity contribution in [2.24, 2.45) is 4.99 Å². The van der Waals surface area contributed by atoms with E-state index in [1.54, 1.807) is 20.4 Å². The minimum Gasteiger partial charge on any atom is -0.481 e. The number of halogens is 1. The molecule has 7 heteroatoms. The van der Waals surface area contributed by atoms with E-state index in [0.29, 0.717) is 18.5 Å². The second kappa shape index (κ2) is 9.78. The van der Waals surface area contributed by atoms with Crippen molar-refractivity contribution in [3.05, 3.63) is 23.9 Å². The zero-order valence-corrected chi connectivity index (χ0v) is 14.8. The Morgan fingerprint density at radius 2 is 2.38 bits per heavy atom. The monoisotopic (exact) mass is 406 g/mol.